The van der Waals surface area contributed by atoms with Gasteiger partial charge in [0.25, 0.3) is 0 Å². The molecule has 0 heterocycles. The summed E-state index contributed by atoms with van der Waals surface area (Å²) in [7, 11) is 1.37. The predicted molar refractivity (Wildman–Crippen MR) is 56.7 cm³/mol. The SMILES string of the molecule is CC(CC(N)=O)NC(=O)N(C)C(C)C(=O)O. The van der Waals surface area contributed by atoms with E-state index in [-0.39, 0.29) is 6.42 Å². The van der Waals surface area contributed by atoms with Crippen molar-refractivity contribution < 1.29 is 19.5 Å². The van der Waals surface area contributed by atoms with Crippen molar-refractivity contribution in [3.63, 3.8) is 0 Å². The fourth-order valence-corrected chi connectivity index (χ4v) is 1.01. The normalized spacial score (nSPS) is 13.7. The summed E-state index contributed by atoms with van der Waals surface area (Å²) < 4.78 is 0. The Kier molecular flexibility index (Phi) is 5.27. The van der Waals surface area contributed by atoms with Gasteiger partial charge in [0.05, 0.1) is 0 Å². The van der Waals surface area contributed by atoms with Crippen LogP contribution in [0.5, 0.6) is 0 Å². The summed E-state index contributed by atoms with van der Waals surface area (Å²) in [5.41, 5.74) is 4.96. The number of likely N-dealkylation sites (N-methyl/N-ethyl adjacent to an activating group) is 1. The average molecular weight is 231 g/mol. The van der Waals surface area contributed by atoms with Crippen LogP contribution in [0.15, 0.2) is 0 Å². The van der Waals surface area contributed by atoms with E-state index >= 15 is 0 Å². The number of carboxylic acid groups (broad SMARTS) is 1. The molecule has 0 aromatic heterocycles. The molecule has 0 radical (unpaired) electrons. The highest BCUT2D eigenvalue weighted by atomic mass is 16.4. The molecule has 0 bridgehead atoms. The van der Waals surface area contributed by atoms with Crippen LogP contribution in [0, 0.1) is 0 Å². The highest BCUT2D eigenvalue weighted by Crippen LogP contribution is 1.98. The van der Waals surface area contributed by atoms with Gasteiger partial charge in [0.2, 0.25) is 5.91 Å². The lowest BCUT2D eigenvalue weighted by molar-refractivity contribution is -0.141. The molecular formula is C9H17N3O4. The minimum Gasteiger partial charge on any atom is -0.480 e. The van der Waals surface area contributed by atoms with Gasteiger partial charge in [0.15, 0.2) is 0 Å². The van der Waals surface area contributed by atoms with E-state index in [4.69, 9.17) is 10.8 Å². The lowest BCUT2D eigenvalue weighted by Gasteiger charge is -2.23. The number of nitrogens with two attached hydrogens (primary N) is 1. The van der Waals surface area contributed by atoms with Crippen LogP contribution in [0.25, 0.3) is 0 Å². The molecule has 0 fully saturated rings. The molecule has 0 aliphatic carbocycles. The fraction of sp³-hybridized carbons (Fsp3) is 0.667. The number of carbonyl (C=O) groups is 3. The van der Waals surface area contributed by atoms with Crippen molar-refractivity contribution in [2.45, 2.75) is 32.4 Å². The number of hydrogen-bond acceptors (Lipinski definition) is 3. The number of nitrogens with zero attached hydrogens (tertiary/aromatic N) is 1. The van der Waals surface area contributed by atoms with Gasteiger partial charge < -0.3 is 21.1 Å². The minimum atomic E-state index is -1.10. The molecule has 4 N–H and O–H groups in total. The maximum atomic E-state index is 11.5. The van der Waals surface area contributed by atoms with Crippen molar-refractivity contribution in [3.05, 3.63) is 0 Å². The van der Waals surface area contributed by atoms with Gasteiger partial charge >= 0.3 is 12.0 Å². The number of primary amides is 1. The van der Waals surface area contributed by atoms with Gasteiger partial charge in [-0.3, -0.25) is 4.79 Å². The van der Waals surface area contributed by atoms with Gasteiger partial charge in [-0.05, 0) is 13.8 Å². The second-order valence-electron chi connectivity index (χ2n) is 3.65. The molecule has 0 aromatic carbocycles. The first kappa shape index (κ1) is 14.2. The topological polar surface area (TPSA) is 113 Å². The Morgan fingerprint density at radius 2 is 1.88 bits per heavy atom. The number of carbonyl (C=O) groups excluding carboxylic acids is 2. The first-order valence-electron chi connectivity index (χ1n) is 4.80. The van der Waals surface area contributed by atoms with Crippen LogP contribution in [0.4, 0.5) is 4.79 Å². The van der Waals surface area contributed by atoms with Gasteiger partial charge in [-0.25, -0.2) is 9.59 Å². The van der Waals surface area contributed by atoms with Crippen LogP contribution in [-0.2, 0) is 9.59 Å². The standard InChI is InChI=1S/C9H17N3O4/c1-5(4-7(10)13)11-9(16)12(3)6(2)8(14)15/h5-6H,4H2,1-3H3,(H2,10,13)(H,11,16)(H,14,15). The molecule has 0 spiro atoms. The minimum absolute atomic E-state index is 0.0149. The van der Waals surface area contributed by atoms with E-state index in [2.05, 4.69) is 5.32 Å². The first-order valence-corrected chi connectivity index (χ1v) is 4.80. The van der Waals surface area contributed by atoms with E-state index in [0.29, 0.717) is 0 Å². The third-order valence-electron chi connectivity index (χ3n) is 2.14. The smallest absolute Gasteiger partial charge is 0.326 e. The maximum Gasteiger partial charge on any atom is 0.326 e. The van der Waals surface area contributed by atoms with Gasteiger partial charge in [0, 0.05) is 19.5 Å². The highest BCUT2D eigenvalue weighted by Gasteiger charge is 2.22. The fourth-order valence-electron chi connectivity index (χ4n) is 1.01. The van der Waals surface area contributed by atoms with Crippen molar-refractivity contribution in [2.24, 2.45) is 5.73 Å². The van der Waals surface area contributed by atoms with Gasteiger partial charge in [-0.2, -0.15) is 0 Å². The third-order valence-corrected chi connectivity index (χ3v) is 2.14. The van der Waals surface area contributed by atoms with Crippen LogP contribution >= 0.6 is 0 Å². The second-order valence-corrected chi connectivity index (χ2v) is 3.65. The molecule has 0 saturated heterocycles. The van der Waals surface area contributed by atoms with Crippen LogP contribution < -0.4 is 11.1 Å². The Labute approximate surface area is 93.6 Å². The zero-order chi connectivity index (χ0) is 12.9. The number of amides is 3. The number of carboxylic acids is 1. The Bertz CT molecular complexity index is 292. The van der Waals surface area contributed by atoms with Crippen molar-refractivity contribution in [3.8, 4) is 0 Å². The molecule has 7 nitrogen and oxygen atoms in total. The van der Waals surface area contributed by atoms with Crippen LogP contribution in [0.3, 0.4) is 0 Å². The zero-order valence-electron chi connectivity index (χ0n) is 9.56. The van der Waals surface area contributed by atoms with Gasteiger partial charge in [-0.15, -0.1) is 0 Å². The second kappa shape index (κ2) is 5.94. The van der Waals surface area contributed by atoms with E-state index in [1.165, 1.54) is 14.0 Å². The quantitative estimate of drug-likeness (QED) is 0.584. The molecule has 0 rings (SSSR count). The third kappa shape index (κ3) is 4.63. The lowest BCUT2D eigenvalue weighted by Crippen LogP contribution is -2.48. The number of nitrogens with one attached hydrogen (secondary N) is 1. The molecule has 0 aromatic rings. The van der Waals surface area contributed by atoms with Gasteiger partial charge in [0.1, 0.15) is 6.04 Å². The summed E-state index contributed by atoms with van der Waals surface area (Å²) in [6, 6.07) is -1.90. The van der Waals surface area contributed by atoms with Gasteiger partial charge in [-0.1, -0.05) is 0 Å². The Balaban J connectivity index is 4.25. The van der Waals surface area contributed by atoms with E-state index < -0.39 is 30.0 Å². The molecule has 2 atom stereocenters. The summed E-state index contributed by atoms with van der Waals surface area (Å²) >= 11 is 0. The van der Waals surface area contributed by atoms with E-state index in [1.54, 1.807) is 6.92 Å². The van der Waals surface area contributed by atoms with Crippen LogP contribution in [0.2, 0.25) is 0 Å². The average Bonchev–Trinajstić information content (AvgIpc) is 2.13. The first-order chi connectivity index (χ1) is 7.25. The molecule has 7 heteroatoms. The maximum absolute atomic E-state index is 11.5. The highest BCUT2D eigenvalue weighted by molar-refractivity contribution is 5.82. The summed E-state index contributed by atoms with van der Waals surface area (Å²) in [5.74, 6) is -1.62. The lowest BCUT2D eigenvalue weighted by atomic mass is 10.2. The number of urea groups is 1. The molecule has 16 heavy (non-hydrogen) atoms. The summed E-state index contributed by atoms with van der Waals surface area (Å²) in [6.07, 6.45) is 0.0149. The van der Waals surface area contributed by atoms with E-state index in [1.807, 2.05) is 0 Å². The molecule has 0 aliphatic heterocycles. The van der Waals surface area contributed by atoms with Crippen molar-refractivity contribution in [1.29, 1.82) is 0 Å². The Morgan fingerprint density at radius 3 is 2.25 bits per heavy atom. The Hall–Kier alpha value is -1.79. The predicted octanol–water partition coefficient (Wildman–Crippen LogP) is -0.635. The number of aliphatic carboxylic acids is 1. The van der Waals surface area contributed by atoms with Crippen molar-refractivity contribution >= 4 is 17.9 Å². The summed E-state index contributed by atoms with van der Waals surface area (Å²) in [4.78, 5) is 33.7. The molecular weight excluding hydrogens is 214 g/mol. The van der Waals surface area contributed by atoms with Crippen molar-refractivity contribution in [1.82, 2.24) is 10.2 Å². The molecule has 0 aliphatic rings. The largest absolute Gasteiger partial charge is 0.480 e. The molecule has 3 amide bonds. The summed E-state index contributed by atoms with van der Waals surface area (Å²) in [5, 5.41) is 11.2. The Morgan fingerprint density at radius 1 is 1.38 bits per heavy atom. The number of hydrogen-bond donors (Lipinski definition) is 3. The molecule has 2 unspecified atom stereocenters. The van der Waals surface area contributed by atoms with E-state index in [9.17, 15) is 14.4 Å². The van der Waals surface area contributed by atoms with E-state index in [0.717, 1.165) is 4.90 Å². The molecule has 92 valence electrons. The monoisotopic (exact) mass is 231 g/mol. The molecule has 0 saturated carbocycles. The van der Waals surface area contributed by atoms with Crippen LogP contribution in [-0.4, -0.2) is 47.0 Å². The zero-order valence-corrected chi connectivity index (χ0v) is 9.56. The van der Waals surface area contributed by atoms with Crippen LogP contribution in [0.1, 0.15) is 20.3 Å². The number of rotatable bonds is 5. The van der Waals surface area contributed by atoms with Crippen molar-refractivity contribution in [2.75, 3.05) is 7.05 Å². The summed E-state index contributed by atoms with van der Waals surface area (Å²) in [6.45, 7) is 3.00.